The first-order valence-electron chi connectivity index (χ1n) is 6.87. The zero-order chi connectivity index (χ0) is 17.6. The zero-order valence-electron chi connectivity index (χ0n) is 12.3. The lowest BCUT2D eigenvalue weighted by Crippen LogP contribution is -2.43. The van der Waals surface area contributed by atoms with Gasteiger partial charge in [-0.15, -0.1) is 0 Å². The van der Waals surface area contributed by atoms with Gasteiger partial charge >= 0.3 is 12.1 Å². The van der Waals surface area contributed by atoms with Gasteiger partial charge in [-0.1, -0.05) is 11.3 Å². The fourth-order valence-electron chi connectivity index (χ4n) is 1.80. The fraction of sp³-hybridized carbons (Fsp3) is 0.385. The van der Waals surface area contributed by atoms with Crippen LogP contribution >= 0.6 is 11.3 Å². The van der Waals surface area contributed by atoms with Gasteiger partial charge in [0.05, 0.1) is 11.1 Å². The Balaban J connectivity index is 0.000000256. The number of nitrogens with one attached hydrogen (secondary N) is 1. The number of anilines is 1. The molecule has 0 aromatic carbocycles. The largest absolute Gasteiger partial charge is 0.490 e. The fourth-order valence-corrected chi connectivity index (χ4v) is 2.71. The molecule has 0 spiro atoms. The van der Waals surface area contributed by atoms with Gasteiger partial charge in [-0.2, -0.15) is 13.2 Å². The molecule has 0 unspecified atom stereocenters. The molecule has 1 aliphatic heterocycles. The van der Waals surface area contributed by atoms with Crippen LogP contribution in [0.5, 0.6) is 0 Å². The van der Waals surface area contributed by atoms with Crippen molar-refractivity contribution in [2.24, 2.45) is 0 Å². The third-order valence-electron chi connectivity index (χ3n) is 2.91. The van der Waals surface area contributed by atoms with Crippen molar-refractivity contribution in [3.05, 3.63) is 24.7 Å². The molecule has 2 aromatic heterocycles. The molecule has 3 rings (SSSR count). The van der Waals surface area contributed by atoms with Crippen LogP contribution in [0.15, 0.2) is 24.7 Å². The minimum Gasteiger partial charge on any atom is -0.475 e. The zero-order valence-corrected chi connectivity index (χ0v) is 13.1. The SMILES string of the molecule is O=C(O)C(F)(F)F.c1cnc(-c2cnc(N3CCNCC3)s2)nc1. The highest BCUT2D eigenvalue weighted by atomic mass is 32.1. The van der Waals surface area contributed by atoms with Crippen LogP contribution in [-0.2, 0) is 4.79 Å². The van der Waals surface area contributed by atoms with Gasteiger partial charge in [0.15, 0.2) is 11.0 Å². The number of thiazole rings is 1. The average molecular weight is 361 g/mol. The summed E-state index contributed by atoms with van der Waals surface area (Å²) >= 11 is 1.65. The summed E-state index contributed by atoms with van der Waals surface area (Å²) in [6.45, 7) is 4.08. The number of hydrogen-bond donors (Lipinski definition) is 2. The number of aliphatic carboxylic acids is 1. The van der Waals surface area contributed by atoms with E-state index in [1.54, 1.807) is 23.7 Å². The predicted octanol–water partition coefficient (Wildman–Crippen LogP) is 1.64. The van der Waals surface area contributed by atoms with Gasteiger partial charge in [-0.3, -0.25) is 0 Å². The molecule has 2 aromatic rings. The lowest BCUT2D eigenvalue weighted by atomic mass is 10.4. The summed E-state index contributed by atoms with van der Waals surface area (Å²) in [5.74, 6) is -2.00. The second kappa shape index (κ2) is 8.02. The van der Waals surface area contributed by atoms with E-state index in [0.29, 0.717) is 0 Å². The average Bonchev–Trinajstić information content (AvgIpc) is 3.06. The van der Waals surface area contributed by atoms with Gasteiger partial charge in [-0.05, 0) is 6.07 Å². The number of carbonyl (C=O) groups is 1. The van der Waals surface area contributed by atoms with Crippen LogP contribution in [0.1, 0.15) is 0 Å². The first kappa shape index (κ1) is 18.1. The van der Waals surface area contributed by atoms with E-state index in [1.165, 1.54) is 0 Å². The molecule has 0 amide bonds. The molecule has 0 radical (unpaired) electrons. The Morgan fingerprint density at radius 3 is 2.33 bits per heavy atom. The van der Waals surface area contributed by atoms with Gasteiger partial charge in [-0.25, -0.2) is 19.7 Å². The van der Waals surface area contributed by atoms with Crippen LogP contribution in [-0.4, -0.2) is 58.4 Å². The number of piperazine rings is 1. The standard InChI is InChI=1S/C11H13N5S.C2HF3O2/c1-2-13-10(14-3-1)9-8-15-11(17-9)16-6-4-12-5-7-16;3-2(4,5)1(6)7/h1-3,8,12H,4-7H2;(H,6,7). The Kier molecular flexibility index (Phi) is 6.04. The monoisotopic (exact) mass is 361 g/mol. The Labute approximate surface area is 139 Å². The first-order chi connectivity index (χ1) is 11.4. The van der Waals surface area contributed by atoms with Crippen molar-refractivity contribution in [3.63, 3.8) is 0 Å². The molecule has 1 aliphatic rings. The molecular formula is C13H14F3N5O2S. The summed E-state index contributed by atoms with van der Waals surface area (Å²) in [6.07, 6.45) is 0.288. The Morgan fingerprint density at radius 1 is 1.21 bits per heavy atom. The Bertz CT molecular complexity index is 659. The number of hydrogen-bond acceptors (Lipinski definition) is 7. The molecule has 130 valence electrons. The molecule has 0 saturated carbocycles. The first-order valence-corrected chi connectivity index (χ1v) is 7.68. The highest BCUT2D eigenvalue weighted by Crippen LogP contribution is 2.28. The van der Waals surface area contributed by atoms with E-state index in [-0.39, 0.29) is 0 Å². The van der Waals surface area contributed by atoms with Gasteiger partial charge in [0.25, 0.3) is 0 Å². The van der Waals surface area contributed by atoms with Crippen molar-refractivity contribution in [1.29, 1.82) is 0 Å². The minimum atomic E-state index is -5.08. The van der Waals surface area contributed by atoms with Crippen molar-refractivity contribution in [2.75, 3.05) is 31.1 Å². The Morgan fingerprint density at radius 2 is 1.79 bits per heavy atom. The van der Waals surface area contributed by atoms with Crippen LogP contribution in [0.2, 0.25) is 0 Å². The Hall–Kier alpha value is -2.27. The molecule has 0 aliphatic carbocycles. The normalized spacial score (nSPS) is 14.7. The van der Waals surface area contributed by atoms with Gasteiger partial charge < -0.3 is 15.3 Å². The molecule has 11 heteroatoms. The van der Waals surface area contributed by atoms with Crippen LogP contribution in [0.25, 0.3) is 10.7 Å². The second-order valence-electron chi connectivity index (χ2n) is 4.62. The summed E-state index contributed by atoms with van der Waals surface area (Å²) in [7, 11) is 0. The van der Waals surface area contributed by atoms with E-state index >= 15 is 0 Å². The lowest BCUT2D eigenvalue weighted by Gasteiger charge is -2.26. The maximum atomic E-state index is 10.6. The van der Waals surface area contributed by atoms with Crippen molar-refractivity contribution < 1.29 is 23.1 Å². The van der Waals surface area contributed by atoms with Crippen molar-refractivity contribution >= 4 is 22.4 Å². The molecule has 1 fully saturated rings. The van der Waals surface area contributed by atoms with Gasteiger partial charge in [0.1, 0.15) is 0 Å². The smallest absolute Gasteiger partial charge is 0.475 e. The molecule has 0 bridgehead atoms. The van der Waals surface area contributed by atoms with Crippen LogP contribution in [0.4, 0.5) is 18.3 Å². The summed E-state index contributed by atoms with van der Waals surface area (Å²) in [4.78, 5) is 25.1. The highest BCUT2D eigenvalue weighted by molar-refractivity contribution is 7.18. The second-order valence-corrected chi connectivity index (χ2v) is 5.63. The molecule has 2 N–H and O–H groups in total. The molecular weight excluding hydrogens is 347 g/mol. The van der Waals surface area contributed by atoms with E-state index in [0.717, 1.165) is 42.0 Å². The molecule has 24 heavy (non-hydrogen) atoms. The van der Waals surface area contributed by atoms with Crippen molar-refractivity contribution in [3.8, 4) is 10.7 Å². The number of nitrogens with zero attached hydrogens (tertiary/aromatic N) is 4. The van der Waals surface area contributed by atoms with Crippen molar-refractivity contribution in [2.45, 2.75) is 6.18 Å². The highest BCUT2D eigenvalue weighted by Gasteiger charge is 2.38. The van der Waals surface area contributed by atoms with E-state index in [4.69, 9.17) is 9.90 Å². The van der Waals surface area contributed by atoms with E-state index < -0.39 is 12.1 Å². The maximum Gasteiger partial charge on any atom is 0.490 e. The van der Waals surface area contributed by atoms with Gasteiger partial charge in [0, 0.05) is 38.6 Å². The van der Waals surface area contributed by atoms with Gasteiger partial charge in [0.2, 0.25) is 0 Å². The third kappa shape index (κ3) is 5.13. The number of aromatic nitrogens is 3. The molecule has 3 heterocycles. The van der Waals surface area contributed by atoms with E-state index in [1.807, 2.05) is 12.3 Å². The molecule has 1 saturated heterocycles. The van der Waals surface area contributed by atoms with Crippen LogP contribution in [0, 0.1) is 0 Å². The van der Waals surface area contributed by atoms with Crippen molar-refractivity contribution in [1.82, 2.24) is 20.3 Å². The lowest BCUT2D eigenvalue weighted by molar-refractivity contribution is -0.192. The number of alkyl halides is 3. The third-order valence-corrected chi connectivity index (χ3v) is 3.96. The van der Waals surface area contributed by atoms with Crippen LogP contribution < -0.4 is 10.2 Å². The summed E-state index contributed by atoms with van der Waals surface area (Å²) in [6, 6.07) is 1.82. The molecule has 0 atom stereocenters. The van der Waals surface area contributed by atoms with Crippen LogP contribution in [0.3, 0.4) is 0 Å². The quantitative estimate of drug-likeness (QED) is 0.840. The topological polar surface area (TPSA) is 91.2 Å². The number of carboxylic acids is 1. The summed E-state index contributed by atoms with van der Waals surface area (Å²) < 4.78 is 31.7. The minimum absolute atomic E-state index is 0.756. The predicted molar refractivity (Wildman–Crippen MR) is 81.9 cm³/mol. The van der Waals surface area contributed by atoms with E-state index in [9.17, 15) is 13.2 Å². The molecule has 7 nitrogen and oxygen atoms in total. The number of carboxylic acid groups (broad SMARTS) is 1. The summed E-state index contributed by atoms with van der Waals surface area (Å²) in [5, 5.41) is 11.5. The number of rotatable bonds is 2. The summed E-state index contributed by atoms with van der Waals surface area (Å²) in [5.41, 5.74) is 0. The number of halogens is 3. The van der Waals surface area contributed by atoms with E-state index in [2.05, 4.69) is 25.2 Å². The maximum absolute atomic E-state index is 10.6.